The Bertz CT molecular complexity index is 606. The van der Waals surface area contributed by atoms with Gasteiger partial charge in [0.05, 0.1) is 6.61 Å². The molecule has 2 aromatic rings. The van der Waals surface area contributed by atoms with Gasteiger partial charge in [-0.2, -0.15) is 0 Å². The molecular weight excluding hydrogens is 282 g/mol. The molecule has 0 fully saturated rings. The van der Waals surface area contributed by atoms with Gasteiger partial charge in [0, 0.05) is 28.5 Å². The zero-order valence-corrected chi connectivity index (χ0v) is 13.8. The Morgan fingerprint density at radius 3 is 2.71 bits per heavy atom. The van der Waals surface area contributed by atoms with Gasteiger partial charge >= 0.3 is 5.97 Å². The summed E-state index contributed by atoms with van der Waals surface area (Å²) in [5.41, 5.74) is 1.24. The van der Waals surface area contributed by atoms with E-state index in [1.807, 2.05) is 19.9 Å². The van der Waals surface area contributed by atoms with Gasteiger partial charge in [-0.05, 0) is 25.8 Å². The molecule has 2 rings (SSSR count). The van der Waals surface area contributed by atoms with E-state index in [4.69, 9.17) is 4.74 Å². The third-order valence-electron chi connectivity index (χ3n) is 3.41. The number of aryl methyl sites for hydroxylation is 1. The van der Waals surface area contributed by atoms with Gasteiger partial charge < -0.3 is 9.30 Å². The van der Waals surface area contributed by atoms with Crippen LogP contribution in [0.1, 0.15) is 33.6 Å². The van der Waals surface area contributed by atoms with Crippen LogP contribution >= 0.6 is 11.8 Å². The highest BCUT2D eigenvalue weighted by Gasteiger charge is 2.21. The van der Waals surface area contributed by atoms with E-state index in [1.165, 1.54) is 15.8 Å². The van der Waals surface area contributed by atoms with Crippen LogP contribution in [0, 0.1) is 0 Å². The van der Waals surface area contributed by atoms with Crippen molar-refractivity contribution in [3.05, 3.63) is 30.5 Å². The molecule has 0 bridgehead atoms. The number of fused-ring (bicyclic) bond motifs is 1. The number of thioether (sulfide) groups is 1. The summed E-state index contributed by atoms with van der Waals surface area (Å²) in [7, 11) is 0. The summed E-state index contributed by atoms with van der Waals surface area (Å²) in [6.07, 6.45) is 4.04. The summed E-state index contributed by atoms with van der Waals surface area (Å²) in [6.45, 7) is 7.49. The van der Waals surface area contributed by atoms with Crippen molar-refractivity contribution in [2.75, 3.05) is 6.61 Å². The highest BCUT2D eigenvalue weighted by Crippen LogP contribution is 2.34. The first-order valence-electron chi connectivity index (χ1n) is 7.62. The van der Waals surface area contributed by atoms with Crippen molar-refractivity contribution in [2.24, 2.45) is 0 Å². The quantitative estimate of drug-likeness (QED) is 0.558. The van der Waals surface area contributed by atoms with E-state index in [0.717, 1.165) is 19.4 Å². The van der Waals surface area contributed by atoms with Gasteiger partial charge in [-0.25, -0.2) is 0 Å². The predicted octanol–water partition coefficient (Wildman–Crippen LogP) is 4.49. The third kappa shape index (κ3) is 3.62. The number of para-hydroxylation sites is 1. The molecule has 1 heterocycles. The fraction of sp³-hybridized carbons (Fsp3) is 0.471. The summed E-state index contributed by atoms with van der Waals surface area (Å²) in [6, 6.07) is 8.38. The molecule has 0 amide bonds. The van der Waals surface area contributed by atoms with Crippen molar-refractivity contribution >= 4 is 28.6 Å². The van der Waals surface area contributed by atoms with E-state index in [0.29, 0.717) is 6.61 Å². The normalized spacial score (nSPS) is 12.5. The molecule has 0 aliphatic carbocycles. The van der Waals surface area contributed by atoms with Gasteiger partial charge in [0.1, 0.15) is 5.25 Å². The number of rotatable bonds is 7. The highest BCUT2D eigenvalue weighted by atomic mass is 32.2. The van der Waals surface area contributed by atoms with Crippen molar-refractivity contribution in [1.82, 2.24) is 4.57 Å². The lowest BCUT2D eigenvalue weighted by atomic mass is 10.2. The second kappa shape index (κ2) is 7.55. The van der Waals surface area contributed by atoms with Gasteiger partial charge in [0.25, 0.3) is 0 Å². The van der Waals surface area contributed by atoms with Crippen LogP contribution in [0.5, 0.6) is 0 Å². The summed E-state index contributed by atoms with van der Waals surface area (Å²) in [5, 5.41) is 1.09. The van der Waals surface area contributed by atoms with Crippen LogP contribution in [0.25, 0.3) is 10.9 Å². The number of ether oxygens (including phenoxy) is 1. The average molecular weight is 305 g/mol. The number of hydrogen-bond donors (Lipinski definition) is 0. The van der Waals surface area contributed by atoms with Crippen LogP contribution in [0.3, 0.4) is 0 Å². The van der Waals surface area contributed by atoms with Crippen molar-refractivity contribution in [3.63, 3.8) is 0 Å². The van der Waals surface area contributed by atoms with E-state index in [9.17, 15) is 4.79 Å². The largest absolute Gasteiger partial charge is 0.465 e. The van der Waals surface area contributed by atoms with Crippen molar-refractivity contribution < 1.29 is 9.53 Å². The standard InChI is InChI=1S/C17H23NO2S/c1-4-11-18-12-16(13-9-7-8-10-14(13)18)21-15(5-2)17(19)20-6-3/h7-10,12,15H,4-6,11H2,1-3H3. The Morgan fingerprint density at radius 2 is 2.05 bits per heavy atom. The topological polar surface area (TPSA) is 31.2 Å². The lowest BCUT2D eigenvalue weighted by molar-refractivity contribution is -0.142. The van der Waals surface area contributed by atoms with E-state index < -0.39 is 0 Å². The van der Waals surface area contributed by atoms with Gasteiger partial charge in [0.2, 0.25) is 0 Å². The zero-order valence-electron chi connectivity index (χ0n) is 13.0. The van der Waals surface area contributed by atoms with Gasteiger partial charge in [0.15, 0.2) is 0 Å². The lowest BCUT2D eigenvalue weighted by Gasteiger charge is -2.12. The van der Waals surface area contributed by atoms with Crippen LogP contribution in [-0.2, 0) is 16.1 Å². The Labute approximate surface area is 130 Å². The molecule has 0 N–H and O–H groups in total. The van der Waals surface area contributed by atoms with Crippen molar-refractivity contribution in [1.29, 1.82) is 0 Å². The van der Waals surface area contributed by atoms with Crippen LogP contribution in [-0.4, -0.2) is 22.4 Å². The highest BCUT2D eigenvalue weighted by molar-refractivity contribution is 8.00. The maximum absolute atomic E-state index is 12.0. The molecule has 21 heavy (non-hydrogen) atoms. The minimum absolute atomic E-state index is 0.114. The van der Waals surface area contributed by atoms with Crippen LogP contribution in [0.2, 0.25) is 0 Å². The summed E-state index contributed by atoms with van der Waals surface area (Å²) < 4.78 is 7.44. The molecular formula is C17H23NO2S. The van der Waals surface area contributed by atoms with E-state index >= 15 is 0 Å². The van der Waals surface area contributed by atoms with Crippen LogP contribution in [0.4, 0.5) is 0 Å². The monoisotopic (exact) mass is 305 g/mol. The van der Waals surface area contributed by atoms with Crippen LogP contribution in [0.15, 0.2) is 35.4 Å². The molecule has 1 unspecified atom stereocenters. The molecule has 114 valence electrons. The van der Waals surface area contributed by atoms with Crippen molar-refractivity contribution in [3.8, 4) is 0 Å². The smallest absolute Gasteiger partial charge is 0.319 e. The van der Waals surface area contributed by atoms with E-state index in [1.54, 1.807) is 11.8 Å². The third-order valence-corrected chi connectivity index (χ3v) is 4.80. The SMILES string of the molecule is CCCn1cc(SC(CC)C(=O)OCC)c2ccccc21. The van der Waals surface area contributed by atoms with Crippen LogP contribution < -0.4 is 0 Å². The average Bonchev–Trinajstić information content (AvgIpc) is 2.84. The number of hydrogen-bond acceptors (Lipinski definition) is 3. The Kier molecular flexibility index (Phi) is 5.74. The fourth-order valence-electron chi connectivity index (χ4n) is 2.42. The van der Waals surface area contributed by atoms with E-state index in [2.05, 4.69) is 35.9 Å². The molecule has 0 aliphatic rings. The Morgan fingerprint density at radius 1 is 1.29 bits per heavy atom. The second-order valence-electron chi connectivity index (χ2n) is 4.97. The Balaban J connectivity index is 2.30. The second-order valence-corrected chi connectivity index (χ2v) is 6.22. The number of benzene rings is 1. The predicted molar refractivity (Wildman–Crippen MR) is 88.8 cm³/mol. The zero-order chi connectivity index (χ0) is 15.2. The summed E-state index contributed by atoms with van der Waals surface area (Å²) in [4.78, 5) is 13.2. The summed E-state index contributed by atoms with van der Waals surface area (Å²) >= 11 is 1.62. The first kappa shape index (κ1) is 16.0. The van der Waals surface area contributed by atoms with Gasteiger partial charge in [-0.15, -0.1) is 11.8 Å². The number of carbonyl (C=O) groups excluding carboxylic acids is 1. The molecule has 4 heteroatoms. The molecule has 0 saturated carbocycles. The molecule has 0 radical (unpaired) electrons. The van der Waals surface area contributed by atoms with Gasteiger partial charge in [-0.1, -0.05) is 32.0 Å². The molecule has 3 nitrogen and oxygen atoms in total. The first-order chi connectivity index (χ1) is 10.2. The molecule has 1 atom stereocenters. The minimum Gasteiger partial charge on any atom is -0.465 e. The number of nitrogens with zero attached hydrogens (tertiary/aromatic N) is 1. The molecule has 1 aromatic heterocycles. The van der Waals surface area contributed by atoms with Gasteiger partial charge in [-0.3, -0.25) is 4.79 Å². The first-order valence-corrected chi connectivity index (χ1v) is 8.50. The number of carbonyl (C=O) groups is 1. The van der Waals surface area contributed by atoms with Crippen molar-refractivity contribution in [2.45, 2.75) is 50.3 Å². The van der Waals surface area contributed by atoms with E-state index in [-0.39, 0.29) is 11.2 Å². The molecule has 0 spiro atoms. The lowest BCUT2D eigenvalue weighted by Crippen LogP contribution is -2.19. The number of esters is 1. The Hall–Kier alpha value is -1.42. The fourth-order valence-corrected chi connectivity index (χ4v) is 3.54. The molecule has 1 aromatic carbocycles. The maximum atomic E-state index is 12.0. The minimum atomic E-state index is -0.133. The maximum Gasteiger partial charge on any atom is 0.319 e. The summed E-state index contributed by atoms with van der Waals surface area (Å²) in [5.74, 6) is -0.114. The molecule has 0 aliphatic heterocycles. The molecule has 0 saturated heterocycles. The number of aromatic nitrogens is 1.